The summed E-state index contributed by atoms with van der Waals surface area (Å²) in [5.41, 5.74) is 1.33. The molecule has 0 radical (unpaired) electrons. The number of carbonyl (C=O) groups is 2. The molecule has 0 bridgehead atoms. The smallest absolute Gasteiger partial charge is 0.343 e. The number of pyridine rings is 2. The number of aromatic nitrogens is 2. The minimum Gasteiger partial charge on any atom is -0.451 e. The molecule has 2 aliphatic rings. The summed E-state index contributed by atoms with van der Waals surface area (Å²) in [5.74, 6) is -1.14. The Hall–Kier alpha value is -4.36. The van der Waals surface area contributed by atoms with Gasteiger partial charge in [0.25, 0.3) is 5.56 Å². The van der Waals surface area contributed by atoms with E-state index < -0.39 is 17.7 Å². The highest BCUT2D eigenvalue weighted by atomic mass is 16.6. The predicted molar refractivity (Wildman–Crippen MR) is 133 cm³/mol. The van der Waals surface area contributed by atoms with E-state index in [4.69, 9.17) is 9.72 Å². The van der Waals surface area contributed by atoms with Crippen LogP contribution in [0.1, 0.15) is 46.5 Å². The number of hydrogen-bond acceptors (Lipinski definition) is 6. The molecule has 2 atom stereocenters. The van der Waals surface area contributed by atoms with Crippen LogP contribution >= 0.6 is 0 Å². The summed E-state index contributed by atoms with van der Waals surface area (Å²) in [6.45, 7) is 1.97. The maximum absolute atomic E-state index is 13.8. The van der Waals surface area contributed by atoms with E-state index in [1.807, 2.05) is 36.4 Å². The van der Waals surface area contributed by atoms with Crippen molar-refractivity contribution >= 4 is 22.7 Å². The van der Waals surface area contributed by atoms with Gasteiger partial charge < -0.3 is 14.4 Å². The normalized spacial score (nSPS) is 20.2. The van der Waals surface area contributed by atoms with Crippen molar-refractivity contribution in [2.75, 3.05) is 0 Å². The highest BCUT2D eigenvalue weighted by molar-refractivity contribution is 6.04. The molecule has 36 heavy (non-hydrogen) atoms. The monoisotopic (exact) mass is 478 g/mol. The van der Waals surface area contributed by atoms with Gasteiger partial charge in [-0.25, -0.2) is 9.78 Å². The largest absolute Gasteiger partial charge is 0.451 e. The first-order valence-electron chi connectivity index (χ1n) is 11.8. The molecule has 2 aliphatic heterocycles. The van der Waals surface area contributed by atoms with E-state index in [0.717, 1.165) is 16.5 Å². The molecule has 0 saturated heterocycles. The number of para-hydroxylation sites is 1. The Labute approximate surface area is 206 Å². The first kappa shape index (κ1) is 22.1. The molecule has 2 aromatic carbocycles. The van der Waals surface area contributed by atoms with E-state index in [1.54, 1.807) is 41.8 Å². The zero-order valence-electron chi connectivity index (χ0n) is 19.5. The van der Waals surface area contributed by atoms with Gasteiger partial charge >= 0.3 is 5.97 Å². The lowest BCUT2D eigenvalue weighted by Gasteiger charge is -2.35. The van der Waals surface area contributed by atoms with Crippen molar-refractivity contribution in [3.8, 4) is 11.4 Å². The van der Waals surface area contributed by atoms with Gasteiger partial charge in [-0.2, -0.15) is 0 Å². The number of hydrogen-bond donors (Lipinski definition) is 1. The van der Waals surface area contributed by atoms with Crippen LogP contribution in [0, 0.1) is 0 Å². The van der Waals surface area contributed by atoms with Gasteiger partial charge in [-0.1, -0.05) is 55.5 Å². The zero-order chi connectivity index (χ0) is 25.0. The van der Waals surface area contributed by atoms with Gasteiger partial charge in [0.15, 0.2) is 17.5 Å². The van der Waals surface area contributed by atoms with Crippen LogP contribution in [0.25, 0.3) is 22.3 Å². The number of ether oxygens (including phenoxy) is 1. The van der Waals surface area contributed by atoms with Crippen molar-refractivity contribution in [2.24, 2.45) is 0 Å². The fraction of sp³-hybridized carbons (Fsp3) is 0.172. The van der Waals surface area contributed by atoms with Crippen molar-refractivity contribution < 1.29 is 19.4 Å². The van der Waals surface area contributed by atoms with Crippen molar-refractivity contribution in [3.05, 3.63) is 111 Å². The third kappa shape index (κ3) is 3.24. The first-order chi connectivity index (χ1) is 17.4. The number of cyclic esters (lactones) is 1. The van der Waals surface area contributed by atoms with Crippen LogP contribution < -0.4 is 5.56 Å². The third-order valence-corrected chi connectivity index (χ3v) is 7.01. The lowest BCUT2D eigenvalue weighted by atomic mass is 9.83. The van der Waals surface area contributed by atoms with E-state index in [0.29, 0.717) is 23.5 Å². The van der Waals surface area contributed by atoms with Gasteiger partial charge in [-0.15, -0.1) is 0 Å². The molecule has 178 valence electrons. The number of rotatable bonds is 4. The highest BCUT2D eigenvalue weighted by Gasteiger charge is 2.48. The quantitative estimate of drug-likeness (QED) is 0.238. The number of esters is 1. The fourth-order valence-electron chi connectivity index (χ4n) is 5.03. The Morgan fingerprint density at radius 3 is 2.67 bits per heavy atom. The number of fused-ring (bicyclic) bond motifs is 5. The lowest BCUT2D eigenvalue weighted by Crippen LogP contribution is -2.45. The molecule has 0 amide bonds. The molecule has 1 N–H and O–H groups in total. The van der Waals surface area contributed by atoms with Gasteiger partial charge in [-0.3, -0.25) is 9.59 Å². The zero-order valence-corrected chi connectivity index (χ0v) is 19.5. The first-order valence-corrected chi connectivity index (χ1v) is 11.8. The maximum atomic E-state index is 13.8. The van der Waals surface area contributed by atoms with E-state index in [-0.39, 0.29) is 28.9 Å². The number of aliphatic hydroxyl groups is 1. The molecule has 4 aromatic rings. The average Bonchev–Trinajstić information content (AvgIpc) is 3.26. The molecule has 0 spiro atoms. The number of carbonyl (C=O) groups excluding carboxylic acids is 2. The predicted octanol–water partition coefficient (Wildman–Crippen LogP) is 4.06. The SMILES string of the molecule is CC[C@@]1(O)C(=O)OC(/C=C/C(=O)c2ccccc2)c2c1cc1n(c2=O)Cc2cc3ccccc3nc2-1. The standard InChI is InChI=1S/C29H22N2O5/c1-2-29(35)20-15-22-26-19(14-18-10-6-7-11-21(18)30-26)16-31(22)27(33)25(20)24(36-28(29)34)13-12-23(32)17-8-4-3-5-9-17/h3-15,24,35H,2,16H2,1H3/b13-12+/t24?,29-/m0/s1. The van der Waals surface area contributed by atoms with Crippen LogP contribution in [0.2, 0.25) is 0 Å². The minimum absolute atomic E-state index is 0.0269. The Kier molecular flexibility index (Phi) is 4.98. The van der Waals surface area contributed by atoms with Crippen LogP contribution in [0.3, 0.4) is 0 Å². The molecule has 4 heterocycles. The van der Waals surface area contributed by atoms with Crippen molar-refractivity contribution in [1.82, 2.24) is 9.55 Å². The Morgan fingerprint density at radius 2 is 1.89 bits per heavy atom. The molecule has 6 rings (SSSR count). The van der Waals surface area contributed by atoms with Gasteiger partial charge in [0.1, 0.15) is 0 Å². The average molecular weight is 479 g/mol. The summed E-state index contributed by atoms with van der Waals surface area (Å²) in [6, 6.07) is 20.1. The molecule has 0 aliphatic carbocycles. The van der Waals surface area contributed by atoms with Crippen molar-refractivity contribution in [3.63, 3.8) is 0 Å². The molecule has 0 fully saturated rings. The number of ketones is 1. The third-order valence-electron chi connectivity index (χ3n) is 7.01. The lowest BCUT2D eigenvalue weighted by molar-refractivity contribution is -0.175. The summed E-state index contributed by atoms with van der Waals surface area (Å²) in [7, 11) is 0. The second-order valence-electron chi connectivity index (χ2n) is 9.07. The summed E-state index contributed by atoms with van der Waals surface area (Å²) in [6.07, 6.45) is 1.63. The second kappa shape index (κ2) is 8.10. The van der Waals surface area contributed by atoms with Crippen molar-refractivity contribution in [1.29, 1.82) is 0 Å². The molecule has 7 nitrogen and oxygen atoms in total. The minimum atomic E-state index is -1.97. The molecule has 2 aromatic heterocycles. The summed E-state index contributed by atoms with van der Waals surface area (Å²) in [5, 5.41) is 12.3. The maximum Gasteiger partial charge on any atom is 0.343 e. The molecular weight excluding hydrogens is 456 g/mol. The van der Waals surface area contributed by atoms with Gasteiger partial charge in [0.05, 0.1) is 29.0 Å². The van der Waals surface area contributed by atoms with Crippen LogP contribution in [0.4, 0.5) is 0 Å². The second-order valence-corrected chi connectivity index (χ2v) is 9.07. The van der Waals surface area contributed by atoms with Crippen LogP contribution in [0.15, 0.2) is 83.7 Å². The van der Waals surface area contributed by atoms with Gasteiger partial charge in [-0.05, 0) is 36.8 Å². The Balaban J connectivity index is 1.51. The fourth-order valence-corrected chi connectivity index (χ4v) is 5.03. The van der Waals surface area contributed by atoms with Gasteiger partial charge in [0.2, 0.25) is 0 Å². The highest BCUT2D eigenvalue weighted by Crippen LogP contribution is 2.42. The number of allylic oxidation sites excluding steroid dienone is 1. The number of benzene rings is 2. The van der Waals surface area contributed by atoms with Crippen LogP contribution in [-0.4, -0.2) is 26.4 Å². The summed E-state index contributed by atoms with van der Waals surface area (Å²) in [4.78, 5) is 44.2. The van der Waals surface area contributed by atoms with Crippen LogP contribution in [-0.2, 0) is 21.7 Å². The Bertz CT molecular complexity index is 1650. The van der Waals surface area contributed by atoms with Crippen molar-refractivity contribution in [2.45, 2.75) is 31.6 Å². The van der Waals surface area contributed by atoms with Gasteiger partial charge in [0, 0.05) is 22.1 Å². The van der Waals surface area contributed by atoms with E-state index >= 15 is 0 Å². The van der Waals surface area contributed by atoms with E-state index in [1.165, 1.54) is 12.2 Å². The molecule has 0 saturated carbocycles. The molecular formula is C29H22N2O5. The summed E-state index contributed by atoms with van der Waals surface area (Å²) < 4.78 is 7.12. The van der Waals surface area contributed by atoms with E-state index in [2.05, 4.69) is 0 Å². The van der Waals surface area contributed by atoms with E-state index in [9.17, 15) is 19.5 Å². The number of nitrogens with zero attached hydrogens (tertiary/aromatic N) is 2. The Morgan fingerprint density at radius 1 is 1.14 bits per heavy atom. The molecule has 1 unspecified atom stereocenters. The topological polar surface area (TPSA) is 98.5 Å². The molecule has 7 heteroatoms. The van der Waals surface area contributed by atoms with Crippen LogP contribution in [0.5, 0.6) is 0 Å². The summed E-state index contributed by atoms with van der Waals surface area (Å²) >= 11 is 0.